The molecular formula is C16H24N2S. The Morgan fingerprint density at radius 1 is 1.16 bits per heavy atom. The molecule has 0 heterocycles. The summed E-state index contributed by atoms with van der Waals surface area (Å²) in [5, 5.41) is 7.45. The van der Waals surface area contributed by atoms with E-state index < -0.39 is 0 Å². The zero-order valence-corrected chi connectivity index (χ0v) is 12.5. The van der Waals surface area contributed by atoms with Gasteiger partial charge in [-0.05, 0) is 56.0 Å². The van der Waals surface area contributed by atoms with Gasteiger partial charge in [0.1, 0.15) is 0 Å². The van der Waals surface area contributed by atoms with Gasteiger partial charge in [-0.15, -0.1) is 0 Å². The third kappa shape index (κ3) is 4.83. The molecule has 0 unspecified atom stereocenters. The van der Waals surface area contributed by atoms with Crippen molar-refractivity contribution in [2.24, 2.45) is 5.92 Å². The second-order valence-corrected chi connectivity index (χ2v) is 5.88. The maximum atomic E-state index is 5.38. The van der Waals surface area contributed by atoms with Gasteiger partial charge in [0.2, 0.25) is 0 Å². The molecule has 0 atom stereocenters. The Morgan fingerprint density at radius 2 is 1.84 bits per heavy atom. The van der Waals surface area contributed by atoms with Gasteiger partial charge in [0.05, 0.1) is 0 Å². The Hall–Kier alpha value is -1.09. The van der Waals surface area contributed by atoms with Crippen LogP contribution in [0.1, 0.15) is 45.4 Å². The van der Waals surface area contributed by atoms with Crippen molar-refractivity contribution >= 4 is 23.0 Å². The summed E-state index contributed by atoms with van der Waals surface area (Å²) in [5.74, 6) is 0.943. The van der Waals surface area contributed by atoms with Crippen molar-refractivity contribution in [1.29, 1.82) is 0 Å². The van der Waals surface area contributed by atoms with Gasteiger partial charge in [0, 0.05) is 11.7 Å². The third-order valence-electron chi connectivity index (χ3n) is 3.91. The molecule has 19 heavy (non-hydrogen) atoms. The van der Waals surface area contributed by atoms with Crippen LogP contribution in [-0.2, 0) is 0 Å². The fraction of sp³-hybridized carbons (Fsp3) is 0.562. The summed E-state index contributed by atoms with van der Waals surface area (Å²) in [6.45, 7) is 2.28. The van der Waals surface area contributed by atoms with Crippen molar-refractivity contribution in [3.63, 3.8) is 0 Å². The number of thiocarbonyl (C=S) groups is 1. The Bertz CT molecular complexity index is 383. The minimum Gasteiger partial charge on any atom is -0.360 e. The summed E-state index contributed by atoms with van der Waals surface area (Å²) in [7, 11) is 0. The largest absolute Gasteiger partial charge is 0.360 e. The molecule has 1 aliphatic carbocycles. The first-order valence-corrected chi connectivity index (χ1v) is 7.81. The first kappa shape index (κ1) is 14.3. The molecule has 0 aromatic heterocycles. The zero-order valence-electron chi connectivity index (χ0n) is 11.7. The van der Waals surface area contributed by atoms with Crippen molar-refractivity contribution in [2.45, 2.75) is 51.5 Å². The lowest BCUT2D eigenvalue weighted by Crippen LogP contribution is -2.40. The van der Waals surface area contributed by atoms with Crippen LogP contribution in [0.15, 0.2) is 30.3 Å². The quantitative estimate of drug-likeness (QED) is 0.800. The molecule has 1 aromatic carbocycles. The highest BCUT2D eigenvalue weighted by Crippen LogP contribution is 2.27. The third-order valence-corrected chi connectivity index (χ3v) is 4.13. The van der Waals surface area contributed by atoms with E-state index in [9.17, 15) is 0 Å². The van der Waals surface area contributed by atoms with E-state index in [4.69, 9.17) is 12.2 Å². The molecule has 1 aromatic rings. The molecule has 3 heteroatoms. The standard InChI is InChI=1S/C16H24N2S/c1-2-6-13-9-11-15(12-10-13)18-16(19)17-14-7-4-3-5-8-14/h3-5,7-8,13,15H,2,6,9-12H2,1H3,(H2,17,18,19). The second-order valence-electron chi connectivity index (χ2n) is 5.47. The number of nitrogens with one attached hydrogen (secondary N) is 2. The Kier molecular flexibility index (Phi) is 5.64. The minimum atomic E-state index is 0.553. The van der Waals surface area contributed by atoms with E-state index in [1.54, 1.807) is 0 Å². The number of hydrogen-bond donors (Lipinski definition) is 2. The molecule has 2 rings (SSSR count). The summed E-state index contributed by atoms with van der Waals surface area (Å²) in [6, 6.07) is 10.7. The Morgan fingerprint density at radius 3 is 2.47 bits per heavy atom. The molecule has 1 aliphatic rings. The fourth-order valence-corrected chi connectivity index (χ4v) is 3.16. The van der Waals surface area contributed by atoms with E-state index in [1.807, 2.05) is 30.3 Å². The molecule has 0 aliphatic heterocycles. The van der Waals surface area contributed by atoms with Gasteiger partial charge in [-0.2, -0.15) is 0 Å². The predicted molar refractivity (Wildman–Crippen MR) is 86.5 cm³/mol. The van der Waals surface area contributed by atoms with Crippen molar-refractivity contribution < 1.29 is 0 Å². The van der Waals surface area contributed by atoms with E-state index in [1.165, 1.54) is 38.5 Å². The predicted octanol–water partition coefficient (Wildman–Crippen LogP) is 4.33. The summed E-state index contributed by atoms with van der Waals surface area (Å²) in [5.41, 5.74) is 1.06. The first-order valence-electron chi connectivity index (χ1n) is 7.40. The molecular weight excluding hydrogens is 252 g/mol. The van der Waals surface area contributed by atoms with Gasteiger partial charge in [-0.25, -0.2) is 0 Å². The van der Waals surface area contributed by atoms with Crippen LogP contribution in [0, 0.1) is 5.92 Å². The molecule has 0 bridgehead atoms. The monoisotopic (exact) mass is 276 g/mol. The Balaban J connectivity index is 1.72. The number of rotatable bonds is 4. The van der Waals surface area contributed by atoms with Crippen LogP contribution >= 0.6 is 12.2 Å². The molecule has 0 amide bonds. The van der Waals surface area contributed by atoms with Crippen LogP contribution in [0.5, 0.6) is 0 Å². The molecule has 104 valence electrons. The molecule has 1 saturated carbocycles. The van der Waals surface area contributed by atoms with Crippen LogP contribution in [-0.4, -0.2) is 11.2 Å². The van der Waals surface area contributed by atoms with Crippen molar-refractivity contribution in [3.8, 4) is 0 Å². The zero-order chi connectivity index (χ0) is 13.5. The summed E-state index contributed by atoms with van der Waals surface area (Å²) in [4.78, 5) is 0. The second kappa shape index (κ2) is 7.49. The minimum absolute atomic E-state index is 0.553. The Labute approximate surface area is 122 Å². The lowest BCUT2D eigenvalue weighted by molar-refractivity contribution is 0.296. The topological polar surface area (TPSA) is 24.1 Å². The number of para-hydroxylation sites is 1. The van der Waals surface area contributed by atoms with Crippen molar-refractivity contribution in [3.05, 3.63) is 30.3 Å². The lowest BCUT2D eigenvalue weighted by Gasteiger charge is -2.29. The number of anilines is 1. The molecule has 0 spiro atoms. The van der Waals surface area contributed by atoms with Crippen LogP contribution < -0.4 is 10.6 Å². The highest BCUT2D eigenvalue weighted by molar-refractivity contribution is 7.80. The van der Waals surface area contributed by atoms with Crippen LogP contribution in [0.3, 0.4) is 0 Å². The smallest absolute Gasteiger partial charge is 0.170 e. The molecule has 2 nitrogen and oxygen atoms in total. The highest BCUT2D eigenvalue weighted by atomic mass is 32.1. The van der Waals surface area contributed by atoms with Gasteiger partial charge in [-0.3, -0.25) is 0 Å². The fourth-order valence-electron chi connectivity index (χ4n) is 2.88. The van der Waals surface area contributed by atoms with Gasteiger partial charge in [0.15, 0.2) is 5.11 Å². The van der Waals surface area contributed by atoms with Gasteiger partial charge < -0.3 is 10.6 Å². The van der Waals surface area contributed by atoms with Gasteiger partial charge in [-0.1, -0.05) is 38.0 Å². The highest BCUT2D eigenvalue weighted by Gasteiger charge is 2.20. The average molecular weight is 276 g/mol. The average Bonchev–Trinajstić information content (AvgIpc) is 2.42. The molecule has 1 fully saturated rings. The van der Waals surface area contributed by atoms with Crippen molar-refractivity contribution in [2.75, 3.05) is 5.32 Å². The summed E-state index contributed by atoms with van der Waals surface area (Å²) >= 11 is 5.38. The lowest BCUT2D eigenvalue weighted by atomic mass is 9.83. The van der Waals surface area contributed by atoms with Crippen LogP contribution in [0.2, 0.25) is 0 Å². The van der Waals surface area contributed by atoms with Gasteiger partial charge >= 0.3 is 0 Å². The van der Waals surface area contributed by atoms with E-state index in [0.717, 1.165) is 16.7 Å². The van der Waals surface area contributed by atoms with Crippen LogP contribution in [0.4, 0.5) is 5.69 Å². The molecule has 2 N–H and O–H groups in total. The maximum absolute atomic E-state index is 5.38. The normalized spacial score (nSPS) is 22.8. The SMILES string of the molecule is CCCC1CCC(NC(=S)Nc2ccccc2)CC1. The van der Waals surface area contributed by atoms with E-state index in [2.05, 4.69) is 17.6 Å². The van der Waals surface area contributed by atoms with E-state index >= 15 is 0 Å². The van der Waals surface area contributed by atoms with E-state index in [-0.39, 0.29) is 0 Å². The van der Waals surface area contributed by atoms with E-state index in [0.29, 0.717) is 6.04 Å². The first-order chi connectivity index (χ1) is 9.28. The van der Waals surface area contributed by atoms with Crippen molar-refractivity contribution in [1.82, 2.24) is 5.32 Å². The summed E-state index contributed by atoms with van der Waals surface area (Å²) < 4.78 is 0. The number of hydrogen-bond acceptors (Lipinski definition) is 1. The molecule has 0 saturated heterocycles. The van der Waals surface area contributed by atoms with Crippen LogP contribution in [0.25, 0.3) is 0 Å². The summed E-state index contributed by atoms with van der Waals surface area (Å²) in [6.07, 6.45) is 7.90. The number of benzene rings is 1. The molecule has 0 radical (unpaired) electrons. The van der Waals surface area contributed by atoms with Gasteiger partial charge in [0.25, 0.3) is 0 Å². The maximum Gasteiger partial charge on any atom is 0.170 e.